The zero-order chi connectivity index (χ0) is 13.5. The normalized spacial score (nSPS) is 11.1. The van der Waals surface area contributed by atoms with Crippen LogP contribution in [0.2, 0.25) is 0 Å². The van der Waals surface area contributed by atoms with Gasteiger partial charge in [0.1, 0.15) is 0 Å². The smallest absolute Gasteiger partial charge is 0.330 e. The molecule has 6 heteroatoms. The maximum atomic E-state index is 11.2. The number of rotatable bonds is 3. The summed E-state index contributed by atoms with van der Waals surface area (Å²) in [6, 6.07) is -0.621. The Morgan fingerprint density at radius 1 is 1.24 bits per heavy atom. The predicted octanol–water partition coefficient (Wildman–Crippen LogP) is 0.730. The van der Waals surface area contributed by atoms with Crippen molar-refractivity contribution >= 4 is 17.9 Å². The Hall–Kier alpha value is -1.85. The van der Waals surface area contributed by atoms with Gasteiger partial charge >= 0.3 is 12.0 Å². The van der Waals surface area contributed by atoms with Crippen LogP contribution in [-0.2, 0) is 14.3 Å². The third-order valence-electron chi connectivity index (χ3n) is 1.39. The molecular weight excluding hydrogens is 224 g/mol. The molecule has 0 bridgehead atoms. The average Bonchev–Trinajstić information content (AvgIpc) is 2.12. The van der Waals surface area contributed by atoms with Crippen molar-refractivity contribution in [1.82, 2.24) is 10.6 Å². The fourth-order valence-electron chi connectivity index (χ4n) is 0.855. The highest BCUT2D eigenvalue weighted by Crippen LogP contribution is 1.97. The van der Waals surface area contributed by atoms with E-state index in [1.165, 1.54) is 12.2 Å². The Kier molecular flexibility index (Phi) is 5.95. The Morgan fingerprint density at radius 3 is 2.29 bits per heavy atom. The summed E-state index contributed by atoms with van der Waals surface area (Å²) in [5.41, 5.74) is -0.439. The van der Waals surface area contributed by atoms with Crippen LogP contribution < -0.4 is 10.6 Å². The highest BCUT2D eigenvalue weighted by molar-refractivity contribution is 5.96. The first kappa shape index (κ1) is 15.2. The molecule has 0 radical (unpaired) electrons. The first-order valence-electron chi connectivity index (χ1n) is 5.16. The lowest BCUT2D eigenvalue weighted by Crippen LogP contribution is -2.49. The van der Waals surface area contributed by atoms with E-state index < -0.39 is 30.1 Å². The van der Waals surface area contributed by atoms with E-state index in [-0.39, 0.29) is 0 Å². The van der Waals surface area contributed by atoms with Gasteiger partial charge in [0.15, 0.2) is 6.61 Å². The summed E-state index contributed by atoms with van der Waals surface area (Å²) in [6.45, 7) is 6.51. The average molecular weight is 242 g/mol. The molecule has 0 aliphatic heterocycles. The molecule has 0 aromatic rings. The van der Waals surface area contributed by atoms with Crippen molar-refractivity contribution in [3.05, 3.63) is 12.2 Å². The molecule has 0 saturated carbocycles. The van der Waals surface area contributed by atoms with Crippen LogP contribution in [0.1, 0.15) is 27.7 Å². The second-order valence-electron chi connectivity index (χ2n) is 4.36. The minimum atomic E-state index is -0.676. The number of hydrogen-bond acceptors (Lipinski definition) is 4. The van der Waals surface area contributed by atoms with E-state index in [1.54, 1.807) is 27.7 Å². The molecule has 0 spiro atoms. The van der Waals surface area contributed by atoms with Crippen molar-refractivity contribution in [1.29, 1.82) is 0 Å². The van der Waals surface area contributed by atoms with Crippen molar-refractivity contribution in [2.24, 2.45) is 0 Å². The number of ether oxygens (including phenoxy) is 1. The molecule has 6 nitrogen and oxygen atoms in total. The molecule has 0 aromatic carbocycles. The van der Waals surface area contributed by atoms with Gasteiger partial charge in [-0.25, -0.2) is 9.59 Å². The van der Waals surface area contributed by atoms with E-state index in [2.05, 4.69) is 10.1 Å². The molecule has 96 valence electrons. The van der Waals surface area contributed by atoms with Gasteiger partial charge in [-0.05, 0) is 27.7 Å². The maximum absolute atomic E-state index is 11.2. The fourth-order valence-corrected chi connectivity index (χ4v) is 0.855. The van der Waals surface area contributed by atoms with Crippen LogP contribution in [0.3, 0.4) is 0 Å². The number of carbonyl (C=O) groups is 3. The lowest BCUT2D eigenvalue weighted by Gasteiger charge is -2.20. The molecule has 0 atom stereocenters. The summed E-state index contributed by atoms with van der Waals surface area (Å²) in [6.07, 6.45) is 2.68. The summed E-state index contributed by atoms with van der Waals surface area (Å²) in [7, 11) is 0. The number of urea groups is 1. The van der Waals surface area contributed by atoms with E-state index in [4.69, 9.17) is 0 Å². The molecule has 0 saturated heterocycles. The lowest BCUT2D eigenvalue weighted by atomic mass is 10.1. The second-order valence-corrected chi connectivity index (χ2v) is 4.36. The number of allylic oxidation sites excluding steroid dienone is 1. The Morgan fingerprint density at radius 2 is 1.82 bits per heavy atom. The highest BCUT2D eigenvalue weighted by Gasteiger charge is 2.15. The number of amides is 3. The van der Waals surface area contributed by atoms with Crippen molar-refractivity contribution in [2.75, 3.05) is 6.61 Å². The molecule has 0 fully saturated rings. The van der Waals surface area contributed by atoms with Gasteiger partial charge in [0.2, 0.25) is 0 Å². The molecule has 3 amide bonds. The second kappa shape index (κ2) is 6.67. The molecule has 2 N–H and O–H groups in total. The Balaban J connectivity index is 3.95. The molecule has 17 heavy (non-hydrogen) atoms. The van der Waals surface area contributed by atoms with Gasteiger partial charge in [0, 0.05) is 11.6 Å². The maximum Gasteiger partial charge on any atom is 0.330 e. The quantitative estimate of drug-likeness (QED) is 0.564. The summed E-state index contributed by atoms with van der Waals surface area (Å²) in [5.74, 6) is -1.30. The number of imide groups is 1. The lowest BCUT2D eigenvalue weighted by molar-refractivity contribution is -0.143. The SMILES string of the molecule is C/C=C/C(=O)OCC(=O)NC(=O)NC(C)(C)C. The Labute approximate surface area is 100 Å². The first-order chi connectivity index (χ1) is 7.74. The van der Waals surface area contributed by atoms with Crippen LogP contribution in [0.4, 0.5) is 4.79 Å². The van der Waals surface area contributed by atoms with Crippen LogP contribution >= 0.6 is 0 Å². The summed E-state index contributed by atoms with van der Waals surface area (Å²) in [4.78, 5) is 33.3. The van der Waals surface area contributed by atoms with Crippen molar-refractivity contribution < 1.29 is 19.1 Å². The van der Waals surface area contributed by atoms with Crippen LogP contribution in [0.25, 0.3) is 0 Å². The van der Waals surface area contributed by atoms with E-state index in [9.17, 15) is 14.4 Å². The molecular formula is C11H18N2O4. The van der Waals surface area contributed by atoms with Gasteiger partial charge in [0.25, 0.3) is 5.91 Å². The van der Waals surface area contributed by atoms with E-state index in [0.29, 0.717) is 0 Å². The minimum absolute atomic E-state index is 0.439. The Bertz CT molecular complexity index is 329. The molecule has 0 rings (SSSR count). The molecule has 0 aliphatic rings. The molecule has 0 aliphatic carbocycles. The number of esters is 1. The van der Waals surface area contributed by atoms with Gasteiger partial charge in [-0.2, -0.15) is 0 Å². The van der Waals surface area contributed by atoms with Gasteiger partial charge in [-0.15, -0.1) is 0 Å². The van der Waals surface area contributed by atoms with Crippen LogP contribution in [-0.4, -0.2) is 30.1 Å². The van der Waals surface area contributed by atoms with Gasteiger partial charge in [-0.1, -0.05) is 6.08 Å². The number of nitrogens with one attached hydrogen (secondary N) is 2. The first-order valence-corrected chi connectivity index (χ1v) is 5.16. The van der Waals surface area contributed by atoms with Crippen LogP contribution in [0.15, 0.2) is 12.2 Å². The monoisotopic (exact) mass is 242 g/mol. The summed E-state index contributed by atoms with van der Waals surface area (Å²) >= 11 is 0. The molecule has 0 aromatic heterocycles. The topological polar surface area (TPSA) is 84.5 Å². The highest BCUT2D eigenvalue weighted by atomic mass is 16.5. The summed E-state index contributed by atoms with van der Waals surface area (Å²) < 4.78 is 4.56. The van der Waals surface area contributed by atoms with Crippen molar-refractivity contribution in [3.8, 4) is 0 Å². The van der Waals surface area contributed by atoms with Crippen LogP contribution in [0.5, 0.6) is 0 Å². The molecule has 0 heterocycles. The van der Waals surface area contributed by atoms with Gasteiger partial charge in [-0.3, -0.25) is 10.1 Å². The van der Waals surface area contributed by atoms with Gasteiger partial charge < -0.3 is 10.1 Å². The van der Waals surface area contributed by atoms with Gasteiger partial charge in [0.05, 0.1) is 0 Å². The van der Waals surface area contributed by atoms with Crippen molar-refractivity contribution in [2.45, 2.75) is 33.2 Å². The third-order valence-corrected chi connectivity index (χ3v) is 1.39. The van der Waals surface area contributed by atoms with E-state index in [0.717, 1.165) is 0 Å². The zero-order valence-electron chi connectivity index (χ0n) is 10.5. The van der Waals surface area contributed by atoms with E-state index in [1.807, 2.05) is 5.32 Å². The largest absolute Gasteiger partial charge is 0.452 e. The molecule has 0 unspecified atom stereocenters. The van der Waals surface area contributed by atoms with Crippen LogP contribution in [0, 0.1) is 0 Å². The summed E-state index contributed by atoms with van der Waals surface area (Å²) in [5, 5.41) is 4.58. The predicted molar refractivity (Wildman–Crippen MR) is 62.2 cm³/mol. The third kappa shape index (κ3) is 9.10. The standard InChI is InChI=1S/C11H18N2O4/c1-5-6-9(15)17-7-8(14)12-10(16)13-11(2,3)4/h5-6H,7H2,1-4H3,(H2,12,13,14,16)/b6-5+. The van der Waals surface area contributed by atoms with E-state index >= 15 is 0 Å². The zero-order valence-corrected chi connectivity index (χ0v) is 10.5. The fraction of sp³-hybridized carbons (Fsp3) is 0.545. The number of hydrogen-bond donors (Lipinski definition) is 2. The van der Waals surface area contributed by atoms with Crippen molar-refractivity contribution in [3.63, 3.8) is 0 Å². The minimum Gasteiger partial charge on any atom is -0.452 e. The number of carbonyl (C=O) groups excluding carboxylic acids is 3.